The molecule has 0 saturated heterocycles. The third-order valence-electron chi connectivity index (χ3n) is 4.21. The number of carbonyl (C=O) groups is 2. The van der Waals surface area contributed by atoms with Gasteiger partial charge in [-0.1, -0.05) is 61.8 Å². The lowest BCUT2D eigenvalue weighted by atomic mass is 10.1. The first kappa shape index (κ1) is 19.9. The van der Waals surface area contributed by atoms with E-state index >= 15 is 0 Å². The highest BCUT2D eigenvalue weighted by atomic mass is 35.5. The molecule has 7 heteroatoms. The number of halogens is 1. The van der Waals surface area contributed by atoms with Gasteiger partial charge in [-0.2, -0.15) is 5.10 Å². The van der Waals surface area contributed by atoms with Crippen molar-refractivity contribution in [2.75, 3.05) is 11.9 Å². The molecule has 0 fully saturated rings. The van der Waals surface area contributed by atoms with Crippen LogP contribution in [0.2, 0.25) is 5.15 Å². The van der Waals surface area contributed by atoms with Crippen molar-refractivity contribution in [3.8, 4) is 0 Å². The highest BCUT2D eigenvalue weighted by Gasteiger charge is 2.22. The summed E-state index contributed by atoms with van der Waals surface area (Å²) in [5.41, 5.74) is 1.34. The van der Waals surface area contributed by atoms with Gasteiger partial charge in [-0.15, -0.1) is 0 Å². The smallest absolute Gasteiger partial charge is 0.343 e. The van der Waals surface area contributed by atoms with Crippen LogP contribution in [0.4, 0.5) is 5.69 Å². The van der Waals surface area contributed by atoms with Crippen molar-refractivity contribution in [2.24, 2.45) is 5.92 Å². The number of nitrogens with zero attached hydrogens (tertiary/aromatic N) is 2. The molecular formula is C21H22ClN3O3. The van der Waals surface area contributed by atoms with E-state index in [1.165, 1.54) is 0 Å². The van der Waals surface area contributed by atoms with Crippen LogP contribution in [0.1, 0.15) is 29.9 Å². The van der Waals surface area contributed by atoms with E-state index in [1.54, 1.807) is 17.7 Å². The molecule has 0 unspecified atom stereocenters. The fourth-order valence-electron chi connectivity index (χ4n) is 2.98. The maximum absolute atomic E-state index is 12.4. The van der Waals surface area contributed by atoms with Crippen LogP contribution >= 0.6 is 11.6 Å². The quantitative estimate of drug-likeness (QED) is 0.621. The minimum absolute atomic E-state index is 0.195. The normalized spacial score (nSPS) is 11.0. The number of anilines is 1. The first-order valence-electron chi connectivity index (χ1n) is 9.04. The molecule has 2 aromatic carbocycles. The van der Waals surface area contributed by atoms with Crippen molar-refractivity contribution in [3.63, 3.8) is 0 Å². The van der Waals surface area contributed by atoms with Gasteiger partial charge in [0.2, 0.25) is 0 Å². The summed E-state index contributed by atoms with van der Waals surface area (Å²) in [6, 6.07) is 13.3. The lowest BCUT2D eigenvalue weighted by Crippen LogP contribution is -2.21. The van der Waals surface area contributed by atoms with Gasteiger partial charge in [-0.05, 0) is 24.3 Å². The number of rotatable bonds is 6. The number of hydrogen-bond acceptors (Lipinski definition) is 4. The van der Waals surface area contributed by atoms with Gasteiger partial charge < -0.3 is 10.1 Å². The third-order valence-corrected chi connectivity index (χ3v) is 4.59. The predicted molar refractivity (Wildman–Crippen MR) is 110 cm³/mol. The van der Waals surface area contributed by atoms with E-state index in [2.05, 4.69) is 10.4 Å². The summed E-state index contributed by atoms with van der Waals surface area (Å²) in [4.78, 5) is 24.7. The van der Waals surface area contributed by atoms with Gasteiger partial charge in [0.05, 0.1) is 5.69 Å². The number of nitrogens with one attached hydrogen (secondary N) is 1. The summed E-state index contributed by atoms with van der Waals surface area (Å²) >= 11 is 6.28. The second-order valence-corrected chi connectivity index (χ2v) is 7.34. The van der Waals surface area contributed by atoms with Gasteiger partial charge in [0.25, 0.3) is 5.91 Å². The monoisotopic (exact) mass is 399 g/mol. The molecule has 6 nitrogen and oxygen atoms in total. The molecule has 3 rings (SSSR count). The van der Waals surface area contributed by atoms with Crippen LogP contribution in [0.3, 0.4) is 0 Å². The van der Waals surface area contributed by atoms with Crippen molar-refractivity contribution < 1.29 is 14.3 Å². The number of fused-ring (bicyclic) bond motifs is 1. The Morgan fingerprint density at radius 1 is 1.18 bits per heavy atom. The molecule has 1 amide bonds. The summed E-state index contributed by atoms with van der Waals surface area (Å²) in [6.07, 6.45) is 0. The summed E-state index contributed by atoms with van der Waals surface area (Å²) in [6.45, 7) is 5.93. The van der Waals surface area contributed by atoms with Crippen molar-refractivity contribution >= 4 is 39.9 Å². The van der Waals surface area contributed by atoms with Gasteiger partial charge in [0, 0.05) is 17.6 Å². The SMILES string of the molecule is Cc1nn(CC(C)C)c(Cl)c1C(=O)OCC(=O)Nc1cccc2ccccc12. The lowest BCUT2D eigenvalue weighted by molar-refractivity contribution is -0.119. The van der Waals surface area contributed by atoms with Crippen LogP contribution in [0.25, 0.3) is 10.8 Å². The van der Waals surface area contributed by atoms with Gasteiger partial charge in [0.15, 0.2) is 6.61 Å². The number of benzene rings is 2. The molecule has 0 atom stereocenters. The van der Waals surface area contributed by atoms with Gasteiger partial charge in [0.1, 0.15) is 10.7 Å². The van der Waals surface area contributed by atoms with E-state index < -0.39 is 18.5 Å². The second-order valence-electron chi connectivity index (χ2n) is 6.98. The number of hydrogen-bond donors (Lipinski definition) is 1. The molecule has 0 spiro atoms. The maximum atomic E-state index is 12.4. The Balaban J connectivity index is 1.66. The Hall–Kier alpha value is -2.86. The van der Waals surface area contributed by atoms with Gasteiger partial charge >= 0.3 is 5.97 Å². The zero-order valence-electron chi connectivity index (χ0n) is 16.0. The standard InChI is InChI=1S/C21H22ClN3O3/c1-13(2)11-25-20(22)19(14(3)24-25)21(27)28-12-18(26)23-17-10-6-8-15-7-4-5-9-16(15)17/h4-10,13H,11-12H2,1-3H3,(H,23,26). The van der Waals surface area contributed by atoms with Crippen LogP contribution in [0.5, 0.6) is 0 Å². The van der Waals surface area contributed by atoms with E-state index in [0.717, 1.165) is 10.8 Å². The summed E-state index contributed by atoms with van der Waals surface area (Å²) in [5, 5.41) is 9.22. The van der Waals surface area contributed by atoms with E-state index in [-0.39, 0.29) is 10.7 Å². The molecule has 28 heavy (non-hydrogen) atoms. The Morgan fingerprint density at radius 2 is 1.89 bits per heavy atom. The minimum Gasteiger partial charge on any atom is -0.452 e. The number of esters is 1. The van der Waals surface area contributed by atoms with E-state index in [0.29, 0.717) is 23.8 Å². The number of aryl methyl sites for hydroxylation is 1. The summed E-state index contributed by atoms with van der Waals surface area (Å²) in [7, 11) is 0. The highest BCUT2D eigenvalue weighted by molar-refractivity contribution is 6.32. The number of aromatic nitrogens is 2. The first-order valence-corrected chi connectivity index (χ1v) is 9.42. The zero-order valence-corrected chi connectivity index (χ0v) is 16.8. The molecular weight excluding hydrogens is 378 g/mol. The molecule has 1 aromatic heterocycles. The molecule has 0 aliphatic heterocycles. The number of carbonyl (C=O) groups excluding carboxylic acids is 2. The second kappa shape index (κ2) is 8.44. The topological polar surface area (TPSA) is 73.2 Å². The van der Waals surface area contributed by atoms with Crippen LogP contribution in [-0.4, -0.2) is 28.3 Å². The molecule has 1 N–H and O–H groups in total. The summed E-state index contributed by atoms with van der Waals surface area (Å²) < 4.78 is 6.74. The van der Waals surface area contributed by atoms with E-state index in [1.807, 2.05) is 50.2 Å². The fourth-order valence-corrected chi connectivity index (χ4v) is 3.30. The van der Waals surface area contributed by atoms with Gasteiger partial charge in [-0.25, -0.2) is 4.79 Å². The number of amides is 1. The maximum Gasteiger partial charge on any atom is 0.343 e. The molecule has 0 saturated carbocycles. The highest BCUT2D eigenvalue weighted by Crippen LogP contribution is 2.24. The third kappa shape index (κ3) is 4.34. The van der Waals surface area contributed by atoms with Crippen molar-refractivity contribution in [2.45, 2.75) is 27.3 Å². The largest absolute Gasteiger partial charge is 0.452 e. The molecule has 3 aromatic rings. The molecule has 0 bridgehead atoms. The Bertz CT molecular complexity index is 1020. The Labute approximate surface area is 168 Å². The fraction of sp³-hybridized carbons (Fsp3) is 0.286. The first-order chi connectivity index (χ1) is 13.4. The number of ether oxygens (including phenoxy) is 1. The average molecular weight is 400 g/mol. The molecule has 0 aliphatic rings. The molecule has 146 valence electrons. The zero-order chi connectivity index (χ0) is 20.3. The summed E-state index contributed by atoms with van der Waals surface area (Å²) in [5.74, 6) is -0.759. The van der Waals surface area contributed by atoms with Crippen molar-refractivity contribution in [3.05, 3.63) is 58.9 Å². The Morgan fingerprint density at radius 3 is 2.64 bits per heavy atom. The van der Waals surface area contributed by atoms with Crippen LogP contribution < -0.4 is 5.32 Å². The predicted octanol–water partition coefficient (Wildman–Crippen LogP) is 4.45. The van der Waals surface area contributed by atoms with Crippen LogP contribution in [0.15, 0.2) is 42.5 Å². The van der Waals surface area contributed by atoms with Gasteiger partial charge in [-0.3, -0.25) is 9.48 Å². The minimum atomic E-state index is -0.662. The van der Waals surface area contributed by atoms with E-state index in [9.17, 15) is 9.59 Å². The lowest BCUT2D eigenvalue weighted by Gasteiger charge is -2.09. The average Bonchev–Trinajstić information content (AvgIpc) is 2.93. The van der Waals surface area contributed by atoms with E-state index in [4.69, 9.17) is 16.3 Å². The molecule has 0 aliphatic carbocycles. The molecule has 0 radical (unpaired) electrons. The van der Waals surface area contributed by atoms with Crippen molar-refractivity contribution in [1.29, 1.82) is 0 Å². The van der Waals surface area contributed by atoms with Crippen molar-refractivity contribution in [1.82, 2.24) is 9.78 Å². The molecule has 1 heterocycles. The Kier molecular flexibility index (Phi) is 5.99. The van der Waals surface area contributed by atoms with Crippen LogP contribution in [0, 0.1) is 12.8 Å². The van der Waals surface area contributed by atoms with Crippen LogP contribution in [-0.2, 0) is 16.1 Å².